The number of hydrogen-bond donors (Lipinski definition) is 1. The molecule has 0 heterocycles. The summed E-state index contributed by atoms with van der Waals surface area (Å²) in [7, 11) is -0.997. The summed E-state index contributed by atoms with van der Waals surface area (Å²) in [6.07, 6.45) is 2.07. The van der Waals surface area contributed by atoms with E-state index >= 15 is 0 Å². The molecule has 0 radical (unpaired) electrons. The number of ether oxygens (including phenoxy) is 2. The zero-order chi connectivity index (χ0) is 12.1. The van der Waals surface area contributed by atoms with Gasteiger partial charge >= 0.3 is 5.97 Å². The second-order valence-corrected chi connectivity index (χ2v) is 4.85. The molecule has 0 saturated heterocycles. The number of nitrogens with two attached hydrogens (primary N) is 1. The van der Waals surface area contributed by atoms with Crippen LogP contribution in [0.2, 0.25) is 0 Å². The van der Waals surface area contributed by atoms with Gasteiger partial charge in [0.1, 0.15) is 0 Å². The number of hydrogen-bond acceptors (Lipinski definition) is 6. The summed E-state index contributed by atoms with van der Waals surface area (Å²) >= 11 is 0. The van der Waals surface area contributed by atoms with Crippen LogP contribution in [0.4, 0.5) is 0 Å². The van der Waals surface area contributed by atoms with Gasteiger partial charge in [-0.15, -0.1) is 0 Å². The van der Waals surface area contributed by atoms with E-state index in [-0.39, 0.29) is 11.5 Å². The third-order valence-corrected chi connectivity index (χ3v) is 2.58. The molecular weight excluding hydrogens is 222 g/mol. The lowest BCUT2D eigenvalue weighted by Crippen LogP contribution is -2.23. The topological polar surface area (TPSA) is 95.7 Å². The molecule has 2 N–H and O–H groups in total. The summed E-state index contributed by atoms with van der Waals surface area (Å²) < 4.78 is 31.2. The fourth-order valence-electron chi connectivity index (χ4n) is 0.853. The van der Waals surface area contributed by atoms with Gasteiger partial charge in [-0.2, -0.15) is 0 Å². The first-order valence-electron chi connectivity index (χ1n) is 4.09. The highest BCUT2D eigenvalue weighted by Crippen LogP contribution is 2.07. The molecule has 0 unspecified atom stereocenters. The molecule has 0 aromatic heterocycles. The fraction of sp³-hybridized carbons (Fsp3) is 0.625. The van der Waals surface area contributed by atoms with Crippen molar-refractivity contribution >= 4 is 15.8 Å². The van der Waals surface area contributed by atoms with Crippen molar-refractivity contribution in [3.8, 4) is 0 Å². The Balaban J connectivity index is 4.65. The number of carbonyl (C=O) groups is 1. The number of rotatable bonds is 5. The second kappa shape index (κ2) is 5.72. The molecule has 0 aromatic carbocycles. The van der Waals surface area contributed by atoms with Gasteiger partial charge in [0.25, 0.3) is 0 Å². The molecule has 88 valence electrons. The van der Waals surface area contributed by atoms with Crippen molar-refractivity contribution in [2.45, 2.75) is 12.5 Å². The minimum Gasteiger partial charge on any atom is -0.487 e. The zero-order valence-electron chi connectivity index (χ0n) is 8.89. The smallest absolute Gasteiger partial charge is 0.307 e. The maximum Gasteiger partial charge on any atom is 0.307 e. The van der Waals surface area contributed by atoms with Crippen LogP contribution in [0.5, 0.6) is 0 Å². The molecule has 0 amide bonds. The lowest BCUT2D eigenvalue weighted by atomic mass is 10.2. The summed E-state index contributed by atoms with van der Waals surface area (Å²) in [5.74, 6) is -0.511. The van der Waals surface area contributed by atoms with Crippen LogP contribution < -0.4 is 5.73 Å². The highest BCUT2D eigenvalue weighted by molar-refractivity contribution is 7.94. The molecule has 0 spiro atoms. The molecule has 0 bridgehead atoms. The lowest BCUT2D eigenvalue weighted by Gasteiger charge is -2.08. The van der Waals surface area contributed by atoms with Gasteiger partial charge in [-0.25, -0.2) is 8.42 Å². The SMILES string of the molecule is COC(=O)C[C@H](N)C=C(OC)S(C)(=O)=O. The molecule has 0 aliphatic rings. The molecule has 7 heteroatoms. The lowest BCUT2D eigenvalue weighted by molar-refractivity contribution is -0.140. The third-order valence-electron chi connectivity index (χ3n) is 1.55. The first-order chi connectivity index (χ1) is 6.81. The molecule has 0 aliphatic heterocycles. The Morgan fingerprint density at radius 3 is 2.27 bits per heavy atom. The molecule has 15 heavy (non-hydrogen) atoms. The van der Waals surface area contributed by atoms with Gasteiger partial charge in [0.15, 0.2) is 0 Å². The number of esters is 1. The van der Waals surface area contributed by atoms with Gasteiger partial charge in [0.2, 0.25) is 14.9 Å². The van der Waals surface area contributed by atoms with E-state index in [4.69, 9.17) is 5.73 Å². The van der Waals surface area contributed by atoms with Crippen LogP contribution in [-0.2, 0) is 24.1 Å². The monoisotopic (exact) mass is 237 g/mol. The van der Waals surface area contributed by atoms with E-state index in [2.05, 4.69) is 9.47 Å². The summed E-state index contributed by atoms with van der Waals surface area (Å²) in [4.78, 5) is 10.8. The van der Waals surface area contributed by atoms with Gasteiger partial charge < -0.3 is 15.2 Å². The number of carbonyl (C=O) groups excluding carboxylic acids is 1. The van der Waals surface area contributed by atoms with E-state index in [1.54, 1.807) is 0 Å². The predicted octanol–water partition coefficient (Wildman–Crippen LogP) is -0.591. The molecule has 0 aliphatic carbocycles. The Morgan fingerprint density at radius 1 is 1.40 bits per heavy atom. The van der Waals surface area contributed by atoms with Crippen LogP contribution in [0.1, 0.15) is 6.42 Å². The normalized spacial score (nSPS) is 14.5. The van der Waals surface area contributed by atoms with Crippen LogP contribution in [0.25, 0.3) is 0 Å². The first-order valence-corrected chi connectivity index (χ1v) is 5.98. The minimum absolute atomic E-state index is 0.0983. The van der Waals surface area contributed by atoms with Crippen molar-refractivity contribution in [1.82, 2.24) is 0 Å². The van der Waals surface area contributed by atoms with E-state index in [0.29, 0.717) is 0 Å². The Labute approximate surface area is 89.0 Å². The van der Waals surface area contributed by atoms with Gasteiger partial charge in [0, 0.05) is 12.3 Å². The Bertz CT molecular complexity index is 346. The Morgan fingerprint density at radius 2 is 1.93 bits per heavy atom. The summed E-state index contributed by atoms with van der Waals surface area (Å²) in [5.41, 5.74) is 5.50. The Kier molecular flexibility index (Phi) is 5.31. The molecule has 0 aromatic rings. The summed E-state index contributed by atoms with van der Waals surface area (Å²) in [6, 6.07) is -0.748. The van der Waals surface area contributed by atoms with Gasteiger partial charge in [-0.1, -0.05) is 0 Å². The highest BCUT2D eigenvalue weighted by Gasteiger charge is 2.15. The van der Waals surface area contributed by atoms with Crippen molar-refractivity contribution in [3.05, 3.63) is 11.2 Å². The maximum atomic E-state index is 11.1. The van der Waals surface area contributed by atoms with E-state index in [9.17, 15) is 13.2 Å². The summed E-state index contributed by atoms with van der Waals surface area (Å²) in [5, 5.41) is -0.251. The first kappa shape index (κ1) is 13.9. The van der Waals surface area contributed by atoms with Crippen molar-refractivity contribution in [3.63, 3.8) is 0 Å². The number of sulfone groups is 1. The van der Waals surface area contributed by atoms with E-state index in [1.807, 2.05) is 0 Å². The van der Waals surface area contributed by atoms with Crippen LogP contribution >= 0.6 is 0 Å². The second-order valence-electron chi connectivity index (χ2n) is 2.91. The van der Waals surface area contributed by atoms with Crippen molar-refractivity contribution in [1.29, 1.82) is 0 Å². The average Bonchev–Trinajstić information content (AvgIpc) is 2.12. The van der Waals surface area contributed by atoms with Gasteiger partial charge in [-0.05, 0) is 6.08 Å². The molecule has 0 rings (SSSR count). The minimum atomic E-state index is -3.45. The maximum absolute atomic E-state index is 11.1. The van der Waals surface area contributed by atoms with Crippen molar-refractivity contribution in [2.75, 3.05) is 20.5 Å². The van der Waals surface area contributed by atoms with Crippen molar-refractivity contribution < 1.29 is 22.7 Å². The number of methoxy groups -OCH3 is 2. The quantitative estimate of drug-likeness (QED) is 0.507. The molecule has 1 atom stereocenters. The fourth-order valence-corrected chi connectivity index (χ4v) is 1.58. The van der Waals surface area contributed by atoms with E-state index in [1.165, 1.54) is 20.3 Å². The average molecular weight is 237 g/mol. The molecule has 6 nitrogen and oxygen atoms in total. The summed E-state index contributed by atoms with van der Waals surface area (Å²) in [6.45, 7) is 0. The van der Waals surface area contributed by atoms with Crippen LogP contribution in [0, 0.1) is 0 Å². The standard InChI is InChI=1S/C8H15NO5S/c1-13-7(10)4-6(9)5-8(14-2)15(3,11)12/h5-6H,4,9H2,1-3H3/t6-/m0/s1. The van der Waals surface area contributed by atoms with Gasteiger partial charge in [-0.3, -0.25) is 4.79 Å². The third kappa shape index (κ3) is 5.38. The van der Waals surface area contributed by atoms with E-state index in [0.717, 1.165) is 6.26 Å². The van der Waals surface area contributed by atoms with Crippen LogP contribution in [0.15, 0.2) is 11.2 Å². The zero-order valence-corrected chi connectivity index (χ0v) is 9.71. The highest BCUT2D eigenvalue weighted by atomic mass is 32.2. The van der Waals surface area contributed by atoms with Crippen LogP contribution in [0.3, 0.4) is 0 Å². The predicted molar refractivity (Wildman–Crippen MR) is 54.5 cm³/mol. The van der Waals surface area contributed by atoms with Crippen molar-refractivity contribution in [2.24, 2.45) is 5.73 Å². The molecular formula is C8H15NO5S. The van der Waals surface area contributed by atoms with Crippen LogP contribution in [-0.4, -0.2) is 40.9 Å². The largest absolute Gasteiger partial charge is 0.487 e. The Hall–Kier alpha value is -1.08. The molecule has 0 fully saturated rings. The molecule has 0 saturated carbocycles. The van der Waals surface area contributed by atoms with E-state index < -0.39 is 21.8 Å². The van der Waals surface area contributed by atoms with Gasteiger partial charge in [0.05, 0.1) is 20.6 Å².